The largest absolute Gasteiger partial charge is 0.463 e. The van der Waals surface area contributed by atoms with Crippen LogP contribution in [0.3, 0.4) is 0 Å². The Morgan fingerprint density at radius 3 is 2.25 bits per heavy atom. The maximum Gasteiger partial charge on any atom is 0.330 e. The van der Waals surface area contributed by atoms with Gasteiger partial charge < -0.3 is 10.1 Å². The molecule has 0 fully saturated rings. The second-order valence-corrected chi connectivity index (χ2v) is 7.09. The number of anilines is 1. The zero-order valence-corrected chi connectivity index (χ0v) is 17.1. The van der Waals surface area contributed by atoms with E-state index >= 15 is 0 Å². The van der Waals surface area contributed by atoms with Gasteiger partial charge in [-0.15, -0.1) is 0 Å². The highest BCUT2D eigenvalue weighted by molar-refractivity contribution is 5.81. The summed E-state index contributed by atoms with van der Waals surface area (Å²) in [5, 5.41) is 3.41. The fourth-order valence-electron chi connectivity index (χ4n) is 3.09. The van der Waals surface area contributed by atoms with E-state index < -0.39 is 0 Å². The SMILES string of the molecule is C=CC(=O)OCCCCNc1ccc(-c2ccc(CCCCCC)cc2)cc1. The molecule has 3 heteroatoms. The van der Waals surface area contributed by atoms with Gasteiger partial charge in [0.05, 0.1) is 6.61 Å². The zero-order valence-electron chi connectivity index (χ0n) is 17.1. The van der Waals surface area contributed by atoms with E-state index in [0.717, 1.165) is 25.1 Å². The molecule has 150 valence electrons. The van der Waals surface area contributed by atoms with E-state index in [1.54, 1.807) is 0 Å². The van der Waals surface area contributed by atoms with Crippen LogP contribution in [0.25, 0.3) is 11.1 Å². The first-order chi connectivity index (χ1) is 13.7. The molecule has 0 heterocycles. The van der Waals surface area contributed by atoms with Gasteiger partial charge in [-0.1, -0.05) is 69.2 Å². The quantitative estimate of drug-likeness (QED) is 0.249. The fraction of sp³-hybridized carbons (Fsp3) is 0.400. The summed E-state index contributed by atoms with van der Waals surface area (Å²) in [7, 11) is 0. The van der Waals surface area contributed by atoms with Crippen molar-refractivity contribution in [3.63, 3.8) is 0 Å². The standard InChI is InChI=1S/C25H33NO2/c1-3-5-6-7-10-21-11-13-22(14-12-21)23-15-17-24(18-16-23)26-19-8-9-20-28-25(27)4-2/h4,11-18,26H,2-3,5-10,19-20H2,1H3. The topological polar surface area (TPSA) is 38.3 Å². The van der Waals surface area contributed by atoms with Crippen LogP contribution in [0.1, 0.15) is 51.0 Å². The van der Waals surface area contributed by atoms with Gasteiger partial charge in [0.15, 0.2) is 0 Å². The Labute approximate surface area is 169 Å². The summed E-state index contributed by atoms with van der Waals surface area (Å²) in [5.74, 6) is -0.354. The van der Waals surface area contributed by atoms with Crippen molar-refractivity contribution in [1.29, 1.82) is 0 Å². The van der Waals surface area contributed by atoms with Crippen LogP contribution in [-0.4, -0.2) is 19.1 Å². The number of esters is 1. The van der Waals surface area contributed by atoms with Crippen molar-refractivity contribution in [2.24, 2.45) is 0 Å². The minimum atomic E-state index is -0.354. The predicted octanol–water partition coefficient (Wildman–Crippen LogP) is 6.40. The Bertz CT molecular complexity index is 704. The van der Waals surface area contributed by atoms with Crippen molar-refractivity contribution in [1.82, 2.24) is 0 Å². The van der Waals surface area contributed by atoms with Crippen LogP contribution in [0, 0.1) is 0 Å². The Balaban J connectivity index is 1.72. The van der Waals surface area contributed by atoms with Crippen LogP contribution in [0.2, 0.25) is 0 Å². The third-order valence-corrected chi connectivity index (χ3v) is 4.80. The van der Waals surface area contributed by atoms with Crippen molar-refractivity contribution in [2.75, 3.05) is 18.5 Å². The molecular formula is C25H33NO2. The van der Waals surface area contributed by atoms with Crippen molar-refractivity contribution in [3.05, 3.63) is 66.7 Å². The number of rotatable bonds is 13. The third kappa shape index (κ3) is 7.99. The average Bonchev–Trinajstić information content (AvgIpc) is 2.74. The van der Waals surface area contributed by atoms with Gasteiger partial charge >= 0.3 is 5.97 Å². The Kier molecular flexibility index (Phi) is 9.92. The molecule has 2 aromatic carbocycles. The summed E-state index contributed by atoms with van der Waals surface area (Å²) >= 11 is 0. The lowest BCUT2D eigenvalue weighted by Gasteiger charge is -2.09. The molecule has 0 aromatic heterocycles. The third-order valence-electron chi connectivity index (χ3n) is 4.80. The molecule has 0 aliphatic heterocycles. The van der Waals surface area contributed by atoms with Crippen LogP contribution < -0.4 is 5.32 Å². The summed E-state index contributed by atoms with van der Waals surface area (Å²) in [6.07, 6.45) is 9.39. The Morgan fingerprint density at radius 1 is 0.929 bits per heavy atom. The number of aryl methyl sites for hydroxylation is 1. The van der Waals surface area contributed by atoms with E-state index in [1.165, 1.54) is 54.9 Å². The minimum absolute atomic E-state index is 0.354. The van der Waals surface area contributed by atoms with Gasteiger partial charge in [-0.05, 0) is 54.5 Å². The predicted molar refractivity (Wildman–Crippen MR) is 119 cm³/mol. The first-order valence-electron chi connectivity index (χ1n) is 10.5. The van der Waals surface area contributed by atoms with E-state index in [2.05, 4.69) is 67.4 Å². The molecule has 0 saturated heterocycles. The second-order valence-electron chi connectivity index (χ2n) is 7.09. The Morgan fingerprint density at radius 2 is 1.61 bits per heavy atom. The fourth-order valence-corrected chi connectivity index (χ4v) is 3.09. The van der Waals surface area contributed by atoms with Crippen LogP contribution in [0.4, 0.5) is 5.69 Å². The number of carbonyl (C=O) groups excluding carboxylic acids is 1. The molecule has 0 unspecified atom stereocenters. The number of benzene rings is 2. The molecule has 2 rings (SSSR count). The van der Waals surface area contributed by atoms with Gasteiger partial charge in [0.25, 0.3) is 0 Å². The molecule has 1 N–H and O–H groups in total. The highest BCUT2D eigenvalue weighted by atomic mass is 16.5. The van der Waals surface area contributed by atoms with Gasteiger partial charge in [-0.3, -0.25) is 0 Å². The van der Waals surface area contributed by atoms with Crippen LogP contribution in [-0.2, 0) is 16.0 Å². The van der Waals surface area contributed by atoms with Crippen molar-refractivity contribution < 1.29 is 9.53 Å². The van der Waals surface area contributed by atoms with Crippen molar-refractivity contribution in [2.45, 2.75) is 51.9 Å². The smallest absolute Gasteiger partial charge is 0.330 e. The van der Waals surface area contributed by atoms with Gasteiger partial charge in [0, 0.05) is 18.3 Å². The van der Waals surface area contributed by atoms with Crippen molar-refractivity contribution in [3.8, 4) is 11.1 Å². The van der Waals surface area contributed by atoms with Gasteiger partial charge in [-0.25, -0.2) is 4.79 Å². The molecule has 3 nitrogen and oxygen atoms in total. The number of nitrogens with one attached hydrogen (secondary N) is 1. The molecule has 2 aromatic rings. The summed E-state index contributed by atoms with van der Waals surface area (Å²) in [6, 6.07) is 17.5. The second kappa shape index (κ2) is 12.8. The molecule has 0 spiro atoms. The number of carbonyl (C=O) groups is 1. The highest BCUT2D eigenvalue weighted by Gasteiger charge is 2.00. The minimum Gasteiger partial charge on any atom is -0.463 e. The summed E-state index contributed by atoms with van der Waals surface area (Å²) in [4.78, 5) is 10.9. The molecule has 0 atom stereocenters. The number of hydrogen-bond donors (Lipinski definition) is 1. The average molecular weight is 380 g/mol. The lowest BCUT2D eigenvalue weighted by atomic mass is 10.0. The maximum atomic E-state index is 10.9. The van der Waals surface area contributed by atoms with Crippen LogP contribution >= 0.6 is 0 Å². The molecule has 28 heavy (non-hydrogen) atoms. The molecule has 0 radical (unpaired) electrons. The first-order valence-corrected chi connectivity index (χ1v) is 10.5. The Hall–Kier alpha value is -2.55. The summed E-state index contributed by atoms with van der Waals surface area (Å²) in [5.41, 5.74) is 5.03. The van der Waals surface area contributed by atoms with E-state index in [4.69, 9.17) is 4.74 Å². The van der Waals surface area contributed by atoms with E-state index in [0.29, 0.717) is 6.61 Å². The molecule has 0 aliphatic carbocycles. The maximum absolute atomic E-state index is 10.9. The zero-order chi connectivity index (χ0) is 20.0. The highest BCUT2D eigenvalue weighted by Crippen LogP contribution is 2.22. The van der Waals surface area contributed by atoms with Crippen molar-refractivity contribution >= 4 is 11.7 Å². The molecule has 0 amide bonds. The van der Waals surface area contributed by atoms with Gasteiger partial charge in [-0.2, -0.15) is 0 Å². The van der Waals surface area contributed by atoms with Gasteiger partial charge in [0.2, 0.25) is 0 Å². The molecule has 0 aliphatic rings. The van der Waals surface area contributed by atoms with Crippen LogP contribution in [0.5, 0.6) is 0 Å². The summed E-state index contributed by atoms with van der Waals surface area (Å²) < 4.78 is 4.96. The molecule has 0 saturated carbocycles. The van der Waals surface area contributed by atoms with E-state index in [-0.39, 0.29) is 5.97 Å². The van der Waals surface area contributed by atoms with Crippen LogP contribution in [0.15, 0.2) is 61.2 Å². The molecule has 0 bridgehead atoms. The monoisotopic (exact) mass is 379 g/mol. The van der Waals surface area contributed by atoms with E-state index in [1.807, 2.05) is 0 Å². The number of ether oxygens (including phenoxy) is 1. The number of hydrogen-bond acceptors (Lipinski definition) is 3. The van der Waals surface area contributed by atoms with E-state index in [9.17, 15) is 4.79 Å². The number of unbranched alkanes of at least 4 members (excludes halogenated alkanes) is 4. The lowest BCUT2D eigenvalue weighted by molar-refractivity contribution is -0.137. The first kappa shape index (κ1) is 21.7. The summed E-state index contributed by atoms with van der Waals surface area (Å²) in [6.45, 7) is 6.93. The normalized spacial score (nSPS) is 10.5. The van der Waals surface area contributed by atoms with Gasteiger partial charge in [0.1, 0.15) is 0 Å². The lowest BCUT2D eigenvalue weighted by Crippen LogP contribution is -2.05. The molecular weight excluding hydrogens is 346 g/mol.